The Balaban J connectivity index is 4.82. The van der Waals surface area contributed by atoms with Crippen LogP contribution in [0.2, 0.25) is 0 Å². The minimum absolute atomic E-state index is 0.130. The molecule has 12 heteroatoms. The predicted molar refractivity (Wildman–Crippen MR) is 307 cm³/mol. The van der Waals surface area contributed by atoms with Gasteiger partial charge >= 0.3 is 25.7 Å². The summed E-state index contributed by atoms with van der Waals surface area (Å²) in [6.45, 7) is 4.32. The van der Waals surface area contributed by atoms with Crippen LogP contribution in [-0.4, -0.2) is 66.5 Å². The SMILES string of the molecule is CC/C=C\C/C=C\C/C=C\C/C=C\CCCCCCC(=O)OC(COC(=O)CCCCCCC/C=C\C/C=C\CCCCC)COP(=O)(O)OCC(CO)OC(=O)CCCCCCC/C=C\C/C=C\C/C=C\CC. The van der Waals surface area contributed by atoms with E-state index < -0.39 is 57.8 Å². The Bertz CT molecular complexity index is 1660. The maximum atomic E-state index is 12.9. The van der Waals surface area contributed by atoms with Crippen molar-refractivity contribution in [1.29, 1.82) is 0 Å². The molecule has 0 radical (unpaired) electrons. The first-order valence-electron chi connectivity index (χ1n) is 28.8. The van der Waals surface area contributed by atoms with E-state index in [0.717, 1.165) is 148 Å². The highest BCUT2D eigenvalue weighted by Crippen LogP contribution is 2.43. The molecule has 74 heavy (non-hydrogen) atoms. The van der Waals surface area contributed by atoms with Crippen LogP contribution >= 0.6 is 7.82 Å². The highest BCUT2D eigenvalue weighted by atomic mass is 31.2. The second kappa shape index (κ2) is 55.4. The number of ether oxygens (including phenoxy) is 3. The molecular weight excluding hydrogens is 952 g/mol. The van der Waals surface area contributed by atoms with Crippen molar-refractivity contribution in [2.45, 2.75) is 238 Å². The van der Waals surface area contributed by atoms with Crippen molar-refractivity contribution in [3.8, 4) is 0 Å². The van der Waals surface area contributed by atoms with E-state index in [-0.39, 0.29) is 25.9 Å². The van der Waals surface area contributed by atoms with Crippen LogP contribution in [0.5, 0.6) is 0 Å². The van der Waals surface area contributed by atoms with Gasteiger partial charge in [0, 0.05) is 19.3 Å². The van der Waals surface area contributed by atoms with Crippen molar-refractivity contribution in [3.05, 3.63) is 109 Å². The zero-order chi connectivity index (χ0) is 54.1. The molecule has 0 aliphatic rings. The number of aliphatic hydroxyl groups is 1. The van der Waals surface area contributed by atoms with E-state index in [1.165, 1.54) is 19.3 Å². The smallest absolute Gasteiger partial charge is 0.462 e. The van der Waals surface area contributed by atoms with Crippen molar-refractivity contribution in [2.75, 3.05) is 26.4 Å². The van der Waals surface area contributed by atoms with Gasteiger partial charge in [-0.05, 0) is 122 Å². The van der Waals surface area contributed by atoms with Gasteiger partial charge < -0.3 is 24.2 Å². The number of allylic oxidation sites excluding steroid dienone is 18. The first kappa shape index (κ1) is 70.1. The molecule has 2 N–H and O–H groups in total. The number of phosphoric ester groups is 1. The largest absolute Gasteiger partial charge is 0.472 e. The molecule has 3 atom stereocenters. The van der Waals surface area contributed by atoms with Crippen molar-refractivity contribution in [1.82, 2.24) is 0 Å². The van der Waals surface area contributed by atoms with Crippen LogP contribution in [0.3, 0.4) is 0 Å². The normalized spacial score (nSPS) is 14.2. The van der Waals surface area contributed by atoms with Gasteiger partial charge in [-0.3, -0.25) is 23.4 Å². The lowest BCUT2D eigenvalue weighted by Gasteiger charge is -2.21. The van der Waals surface area contributed by atoms with Gasteiger partial charge in [0.2, 0.25) is 0 Å². The summed E-state index contributed by atoms with van der Waals surface area (Å²) in [6, 6.07) is 0. The van der Waals surface area contributed by atoms with Crippen molar-refractivity contribution >= 4 is 25.7 Å². The Labute approximate surface area is 450 Å². The third kappa shape index (κ3) is 53.0. The van der Waals surface area contributed by atoms with E-state index >= 15 is 0 Å². The van der Waals surface area contributed by atoms with Gasteiger partial charge in [-0.1, -0.05) is 194 Å². The number of hydrogen-bond donors (Lipinski definition) is 2. The van der Waals surface area contributed by atoms with Crippen LogP contribution in [0.25, 0.3) is 0 Å². The van der Waals surface area contributed by atoms with E-state index in [4.69, 9.17) is 23.3 Å². The molecule has 0 saturated carbocycles. The number of carbonyl (C=O) groups excluding carboxylic acids is 3. The van der Waals surface area contributed by atoms with Crippen molar-refractivity contribution < 1.29 is 52.2 Å². The maximum Gasteiger partial charge on any atom is 0.472 e. The maximum absolute atomic E-state index is 12.9. The van der Waals surface area contributed by atoms with Gasteiger partial charge in [-0.25, -0.2) is 4.57 Å². The molecule has 0 aromatic carbocycles. The lowest BCUT2D eigenvalue weighted by atomic mass is 10.1. The standard InChI is InChI=1S/C62H103O11P/c1-4-7-10-13-16-19-22-25-28-29-32-35-38-41-44-47-50-53-62(66)73-59(55-69-60(64)51-48-45-42-39-36-33-30-26-23-20-17-14-11-8-5-2)57-71-74(67,68)70-56-58(54-63)72-61(65)52-49-46-43-40-37-34-31-27-24-21-18-15-12-9-6-3/h7,9-10,12,16-21,25-28,30-32,35,58-59,63H,4-6,8,11,13-15,22-24,29,33-34,36-57H2,1-3H3,(H,67,68)/b10-7-,12-9-,19-16-,20-17-,21-18-,28-25-,30-26-,31-27-,35-32-. The Hall–Kier alpha value is -3.86. The van der Waals surface area contributed by atoms with Gasteiger partial charge in [0.05, 0.1) is 19.8 Å². The lowest BCUT2D eigenvalue weighted by molar-refractivity contribution is -0.161. The van der Waals surface area contributed by atoms with E-state index in [1.807, 2.05) is 0 Å². The molecule has 0 heterocycles. The fraction of sp³-hybridized carbons (Fsp3) is 0.661. The summed E-state index contributed by atoms with van der Waals surface area (Å²) >= 11 is 0. The molecule has 0 fully saturated rings. The molecule has 0 spiro atoms. The molecule has 422 valence electrons. The highest BCUT2D eigenvalue weighted by molar-refractivity contribution is 7.47. The summed E-state index contributed by atoms with van der Waals surface area (Å²) in [5, 5.41) is 9.81. The molecule has 11 nitrogen and oxygen atoms in total. The van der Waals surface area contributed by atoms with Gasteiger partial charge in [-0.2, -0.15) is 0 Å². The summed E-state index contributed by atoms with van der Waals surface area (Å²) in [7, 11) is -4.77. The van der Waals surface area contributed by atoms with Crippen molar-refractivity contribution in [2.24, 2.45) is 0 Å². The Morgan fingerprint density at radius 2 is 0.703 bits per heavy atom. The zero-order valence-electron chi connectivity index (χ0n) is 46.5. The molecule has 0 rings (SSSR count). The molecular formula is C62H103O11P. The van der Waals surface area contributed by atoms with E-state index in [9.17, 15) is 28.9 Å². The monoisotopic (exact) mass is 1050 g/mol. The van der Waals surface area contributed by atoms with Gasteiger partial charge in [0.15, 0.2) is 6.10 Å². The first-order chi connectivity index (χ1) is 36.2. The van der Waals surface area contributed by atoms with Crippen LogP contribution in [0.15, 0.2) is 109 Å². The van der Waals surface area contributed by atoms with Crippen molar-refractivity contribution in [3.63, 3.8) is 0 Å². The van der Waals surface area contributed by atoms with Gasteiger partial charge in [0.25, 0.3) is 0 Å². The second-order valence-electron chi connectivity index (χ2n) is 18.7. The number of rotatable bonds is 52. The molecule has 0 aromatic rings. The fourth-order valence-electron chi connectivity index (χ4n) is 7.33. The third-order valence-electron chi connectivity index (χ3n) is 11.7. The summed E-state index contributed by atoms with van der Waals surface area (Å²) in [4.78, 5) is 48.5. The average molecular weight is 1060 g/mol. The van der Waals surface area contributed by atoms with Gasteiger partial charge in [-0.15, -0.1) is 0 Å². The fourth-order valence-corrected chi connectivity index (χ4v) is 8.12. The van der Waals surface area contributed by atoms with E-state index in [0.29, 0.717) is 19.3 Å². The van der Waals surface area contributed by atoms with Crippen LogP contribution < -0.4 is 0 Å². The Morgan fingerprint density at radius 3 is 1.08 bits per heavy atom. The number of esters is 3. The highest BCUT2D eigenvalue weighted by Gasteiger charge is 2.28. The van der Waals surface area contributed by atoms with Crippen LogP contribution in [0, 0.1) is 0 Å². The second-order valence-corrected chi connectivity index (χ2v) is 20.1. The number of carbonyl (C=O) groups is 3. The number of phosphoric acid groups is 1. The van der Waals surface area contributed by atoms with E-state index in [1.54, 1.807) is 0 Å². The molecule has 0 aliphatic heterocycles. The van der Waals surface area contributed by atoms with Crippen LogP contribution in [0.4, 0.5) is 0 Å². The molecule has 0 aromatic heterocycles. The lowest BCUT2D eigenvalue weighted by Crippen LogP contribution is -2.30. The summed E-state index contributed by atoms with van der Waals surface area (Å²) in [5.41, 5.74) is 0. The third-order valence-corrected chi connectivity index (χ3v) is 12.6. The van der Waals surface area contributed by atoms with E-state index in [2.05, 4.69) is 130 Å². The molecule has 3 unspecified atom stereocenters. The minimum atomic E-state index is -4.77. The summed E-state index contributed by atoms with van der Waals surface area (Å²) in [5.74, 6) is -1.54. The Morgan fingerprint density at radius 1 is 0.392 bits per heavy atom. The summed E-state index contributed by atoms with van der Waals surface area (Å²) in [6.07, 6.45) is 66.1. The number of aliphatic hydroxyl groups excluding tert-OH is 1. The molecule has 0 bridgehead atoms. The zero-order valence-corrected chi connectivity index (χ0v) is 47.4. The molecule has 0 saturated heterocycles. The van der Waals surface area contributed by atoms with Crippen LogP contribution in [0.1, 0.15) is 226 Å². The van der Waals surface area contributed by atoms with Gasteiger partial charge in [0.1, 0.15) is 12.7 Å². The quantitative estimate of drug-likeness (QED) is 0.0197. The summed E-state index contributed by atoms with van der Waals surface area (Å²) < 4.78 is 39.5. The predicted octanol–water partition coefficient (Wildman–Crippen LogP) is 17.0. The number of unbranched alkanes of at least 4 members (excludes halogenated alkanes) is 17. The molecule has 0 aliphatic carbocycles. The van der Waals surface area contributed by atoms with Crippen LogP contribution in [-0.2, 0) is 42.2 Å². The molecule has 0 amide bonds. The minimum Gasteiger partial charge on any atom is -0.462 e. The Kier molecular flexibility index (Phi) is 52.5. The average Bonchev–Trinajstić information content (AvgIpc) is 3.39. The number of hydrogen-bond acceptors (Lipinski definition) is 10. The topological polar surface area (TPSA) is 155 Å². The first-order valence-corrected chi connectivity index (χ1v) is 30.3.